The first-order valence-electron chi connectivity index (χ1n) is 7.73. The van der Waals surface area contributed by atoms with Crippen LogP contribution in [0.5, 0.6) is 5.75 Å². The lowest BCUT2D eigenvalue weighted by molar-refractivity contribution is -0.134. The van der Waals surface area contributed by atoms with Gasteiger partial charge in [0.25, 0.3) is 0 Å². The molecule has 0 unspecified atom stereocenters. The normalized spacial score (nSPS) is 20.1. The smallest absolute Gasteiger partial charge is 0.226 e. The van der Waals surface area contributed by atoms with Crippen LogP contribution in [0.1, 0.15) is 6.42 Å². The Balaban J connectivity index is 1.36. The second kappa shape index (κ2) is 6.91. The van der Waals surface area contributed by atoms with E-state index in [1.807, 2.05) is 35.2 Å². The van der Waals surface area contributed by atoms with E-state index in [2.05, 4.69) is 10.2 Å². The van der Waals surface area contributed by atoms with E-state index < -0.39 is 0 Å². The number of rotatable bonds is 5. The number of nitrogens with zero attached hydrogens (tertiary/aromatic N) is 2. The third-order valence-corrected chi connectivity index (χ3v) is 4.27. The molecule has 2 fully saturated rings. The van der Waals surface area contributed by atoms with Crippen molar-refractivity contribution in [3.63, 3.8) is 0 Å². The van der Waals surface area contributed by atoms with Gasteiger partial charge in [-0.25, -0.2) is 0 Å². The van der Waals surface area contributed by atoms with E-state index in [4.69, 9.17) is 4.74 Å². The summed E-state index contributed by atoms with van der Waals surface area (Å²) in [5, 5.41) is 3.30. The van der Waals surface area contributed by atoms with Gasteiger partial charge < -0.3 is 15.0 Å². The number of carbonyl (C=O) groups excluding carboxylic acids is 1. The summed E-state index contributed by atoms with van der Waals surface area (Å²) in [6.07, 6.45) is 0.458. The van der Waals surface area contributed by atoms with Crippen molar-refractivity contribution in [1.82, 2.24) is 15.1 Å². The molecular formula is C16H23N3O2. The fraction of sp³-hybridized carbons (Fsp3) is 0.562. The molecule has 1 amide bonds. The van der Waals surface area contributed by atoms with E-state index in [9.17, 15) is 4.79 Å². The minimum absolute atomic E-state index is 0.206. The van der Waals surface area contributed by atoms with Crippen LogP contribution in [0.4, 0.5) is 0 Å². The van der Waals surface area contributed by atoms with Gasteiger partial charge in [-0.2, -0.15) is 0 Å². The number of hydrogen-bond donors (Lipinski definition) is 1. The number of para-hydroxylation sites is 1. The van der Waals surface area contributed by atoms with Crippen LogP contribution >= 0.6 is 0 Å². The Morgan fingerprint density at radius 3 is 2.48 bits per heavy atom. The molecule has 0 saturated carbocycles. The van der Waals surface area contributed by atoms with Crippen LogP contribution < -0.4 is 10.1 Å². The van der Waals surface area contributed by atoms with E-state index in [-0.39, 0.29) is 5.91 Å². The molecular weight excluding hydrogens is 266 g/mol. The SMILES string of the molecule is O=C(CCOc1ccccc1)N1CCN(C2CNC2)CC1. The molecule has 0 atom stereocenters. The largest absolute Gasteiger partial charge is 0.493 e. The highest BCUT2D eigenvalue weighted by Gasteiger charge is 2.28. The summed E-state index contributed by atoms with van der Waals surface area (Å²) in [5.41, 5.74) is 0. The summed E-state index contributed by atoms with van der Waals surface area (Å²) >= 11 is 0. The van der Waals surface area contributed by atoms with Crippen LogP contribution in [0.2, 0.25) is 0 Å². The molecule has 0 radical (unpaired) electrons. The summed E-state index contributed by atoms with van der Waals surface area (Å²) in [6, 6.07) is 10.3. The van der Waals surface area contributed by atoms with E-state index in [1.54, 1.807) is 0 Å². The van der Waals surface area contributed by atoms with E-state index in [0.29, 0.717) is 19.1 Å². The molecule has 2 aliphatic rings. The Bertz CT molecular complexity index is 454. The zero-order valence-electron chi connectivity index (χ0n) is 12.3. The number of ether oxygens (including phenoxy) is 1. The maximum atomic E-state index is 12.2. The molecule has 2 aliphatic heterocycles. The zero-order valence-corrected chi connectivity index (χ0v) is 12.3. The standard InChI is InChI=1S/C16H23N3O2/c20-16(6-11-21-15-4-2-1-3-5-15)19-9-7-18(8-10-19)14-12-17-13-14/h1-5,14,17H,6-13H2. The number of amides is 1. The fourth-order valence-electron chi connectivity index (χ4n) is 2.80. The summed E-state index contributed by atoms with van der Waals surface area (Å²) in [5.74, 6) is 1.03. The highest BCUT2D eigenvalue weighted by Crippen LogP contribution is 2.12. The Kier molecular flexibility index (Phi) is 4.72. The minimum atomic E-state index is 0.206. The molecule has 0 spiro atoms. The van der Waals surface area contributed by atoms with Gasteiger partial charge in [0.05, 0.1) is 13.0 Å². The monoisotopic (exact) mass is 289 g/mol. The number of benzene rings is 1. The predicted molar refractivity (Wildman–Crippen MR) is 81.4 cm³/mol. The molecule has 0 aliphatic carbocycles. The molecule has 5 heteroatoms. The molecule has 0 bridgehead atoms. The van der Waals surface area contributed by atoms with Crippen LogP contribution in [-0.2, 0) is 4.79 Å². The quantitative estimate of drug-likeness (QED) is 0.861. The van der Waals surface area contributed by atoms with Crippen molar-refractivity contribution in [2.45, 2.75) is 12.5 Å². The Morgan fingerprint density at radius 1 is 1.14 bits per heavy atom. The van der Waals surface area contributed by atoms with Gasteiger partial charge in [0.2, 0.25) is 5.91 Å². The third kappa shape index (κ3) is 3.74. The molecule has 2 saturated heterocycles. The number of carbonyl (C=O) groups is 1. The van der Waals surface area contributed by atoms with Gasteiger partial charge in [-0.3, -0.25) is 9.69 Å². The lowest BCUT2D eigenvalue weighted by atomic mass is 10.1. The average Bonchev–Trinajstić information content (AvgIpc) is 2.47. The van der Waals surface area contributed by atoms with Gasteiger partial charge in [0, 0.05) is 45.3 Å². The van der Waals surface area contributed by atoms with Crippen LogP contribution in [-0.4, -0.2) is 67.6 Å². The van der Waals surface area contributed by atoms with Crippen molar-refractivity contribution in [3.8, 4) is 5.75 Å². The molecule has 1 aromatic carbocycles. The highest BCUT2D eigenvalue weighted by atomic mass is 16.5. The van der Waals surface area contributed by atoms with Crippen molar-refractivity contribution >= 4 is 5.91 Å². The van der Waals surface area contributed by atoms with Crippen molar-refractivity contribution in [2.24, 2.45) is 0 Å². The van der Waals surface area contributed by atoms with Gasteiger partial charge in [0.1, 0.15) is 5.75 Å². The highest BCUT2D eigenvalue weighted by molar-refractivity contribution is 5.76. The predicted octanol–water partition coefficient (Wildman–Crippen LogP) is 0.572. The van der Waals surface area contributed by atoms with E-state index in [1.165, 1.54) is 0 Å². The van der Waals surface area contributed by atoms with Gasteiger partial charge in [-0.1, -0.05) is 18.2 Å². The summed E-state index contributed by atoms with van der Waals surface area (Å²) < 4.78 is 5.59. The number of piperazine rings is 1. The summed E-state index contributed by atoms with van der Waals surface area (Å²) in [4.78, 5) is 16.6. The molecule has 1 N–H and O–H groups in total. The van der Waals surface area contributed by atoms with Gasteiger partial charge in [0.15, 0.2) is 0 Å². The van der Waals surface area contributed by atoms with Crippen LogP contribution in [0.3, 0.4) is 0 Å². The molecule has 0 aromatic heterocycles. The second-order valence-electron chi connectivity index (χ2n) is 5.64. The average molecular weight is 289 g/mol. The molecule has 5 nitrogen and oxygen atoms in total. The first-order valence-corrected chi connectivity index (χ1v) is 7.73. The Hall–Kier alpha value is -1.59. The first-order chi connectivity index (χ1) is 10.3. The van der Waals surface area contributed by atoms with Crippen LogP contribution in [0.25, 0.3) is 0 Å². The van der Waals surface area contributed by atoms with Crippen molar-refractivity contribution in [1.29, 1.82) is 0 Å². The van der Waals surface area contributed by atoms with Crippen LogP contribution in [0.15, 0.2) is 30.3 Å². The van der Waals surface area contributed by atoms with Crippen LogP contribution in [0, 0.1) is 0 Å². The molecule has 1 aromatic rings. The van der Waals surface area contributed by atoms with Crippen molar-refractivity contribution in [2.75, 3.05) is 45.9 Å². The molecule has 3 rings (SSSR count). The Labute approximate surface area is 125 Å². The molecule has 21 heavy (non-hydrogen) atoms. The number of hydrogen-bond acceptors (Lipinski definition) is 4. The lowest BCUT2D eigenvalue weighted by Gasteiger charge is -2.43. The van der Waals surface area contributed by atoms with E-state index >= 15 is 0 Å². The van der Waals surface area contributed by atoms with Gasteiger partial charge in [-0.15, -0.1) is 0 Å². The zero-order chi connectivity index (χ0) is 14.5. The van der Waals surface area contributed by atoms with E-state index in [0.717, 1.165) is 45.0 Å². The molecule has 2 heterocycles. The maximum Gasteiger partial charge on any atom is 0.226 e. The van der Waals surface area contributed by atoms with Gasteiger partial charge >= 0.3 is 0 Å². The van der Waals surface area contributed by atoms with Crippen molar-refractivity contribution in [3.05, 3.63) is 30.3 Å². The third-order valence-electron chi connectivity index (χ3n) is 4.27. The topological polar surface area (TPSA) is 44.8 Å². The summed E-state index contributed by atoms with van der Waals surface area (Å²) in [7, 11) is 0. The minimum Gasteiger partial charge on any atom is -0.493 e. The molecule has 114 valence electrons. The van der Waals surface area contributed by atoms with Gasteiger partial charge in [-0.05, 0) is 12.1 Å². The first kappa shape index (κ1) is 14.4. The van der Waals surface area contributed by atoms with Crippen molar-refractivity contribution < 1.29 is 9.53 Å². The second-order valence-corrected chi connectivity index (χ2v) is 5.64. The maximum absolute atomic E-state index is 12.2. The number of nitrogens with one attached hydrogen (secondary N) is 1. The Morgan fingerprint density at radius 2 is 1.86 bits per heavy atom. The fourth-order valence-corrected chi connectivity index (χ4v) is 2.80. The summed E-state index contributed by atoms with van der Waals surface area (Å²) in [6.45, 7) is 6.34. The lowest BCUT2D eigenvalue weighted by Crippen LogP contribution is -2.62.